The summed E-state index contributed by atoms with van der Waals surface area (Å²) in [5.74, 6) is 0.998. The number of Topliss-reactive ketones (excluding diaryl/α,β-unsaturated/α-hetero) is 1. The van der Waals surface area contributed by atoms with Crippen molar-refractivity contribution in [3.05, 3.63) is 34.9 Å². The number of ketones is 1. The maximum Gasteiger partial charge on any atom is 0.163 e. The van der Waals surface area contributed by atoms with Crippen molar-refractivity contribution in [2.75, 3.05) is 0 Å². The van der Waals surface area contributed by atoms with Crippen molar-refractivity contribution in [2.45, 2.75) is 39.5 Å². The van der Waals surface area contributed by atoms with Crippen LogP contribution in [0.5, 0.6) is 0 Å². The first kappa shape index (κ1) is 10.4. The Labute approximate surface area is 91.5 Å². The van der Waals surface area contributed by atoms with Gasteiger partial charge in [-0.05, 0) is 30.9 Å². The second-order valence-electron chi connectivity index (χ2n) is 4.67. The highest BCUT2D eigenvalue weighted by Gasteiger charge is 2.22. The van der Waals surface area contributed by atoms with Crippen LogP contribution in [0.2, 0.25) is 0 Å². The van der Waals surface area contributed by atoms with Gasteiger partial charge in [-0.25, -0.2) is 0 Å². The maximum atomic E-state index is 12.0. The molecule has 0 N–H and O–H groups in total. The van der Waals surface area contributed by atoms with Gasteiger partial charge < -0.3 is 0 Å². The first-order valence-electron chi connectivity index (χ1n) is 5.78. The smallest absolute Gasteiger partial charge is 0.163 e. The predicted octanol–water partition coefficient (Wildman–Crippen LogP) is 3.68. The van der Waals surface area contributed by atoms with Gasteiger partial charge in [0, 0.05) is 12.0 Å². The molecule has 0 unspecified atom stereocenters. The SMILES string of the molecule is Cc1cccc(C(=O)CC2CCC2)c1C. The Morgan fingerprint density at radius 1 is 1.33 bits per heavy atom. The number of benzene rings is 1. The number of carbonyl (C=O) groups is 1. The largest absolute Gasteiger partial charge is 0.294 e. The molecule has 15 heavy (non-hydrogen) atoms. The zero-order chi connectivity index (χ0) is 10.8. The van der Waals surface area contributed by atoms with E-state index in [-0.39, 0.29) is 0 Å². The van der Waals surface area contributed by atoms with Crippen molar-refractivity contribution in [3.8, 4) is 0 Å². The molecular formula is C14H18O. The summed E-state index contributed by atoms with van der Waals surface area (Å²) in [5.41, 5.74) is 3.30. The van der Waals surface area contributed by atoms with E-state index in [9.17, 15) is 4.79 Å². The van der Waals surface area contributed by atoms with E-state index in [1.54, 1.807) is 0 Å². The Morgan fingerprint density at radius 3 is 2.67 bits per heavy atom. The lowest BCUT2D eigenvalue weighted by Crippen LogP contribution is -2.16. The lowest BCUT2D eigenvalue weighted by Gasteiger charge is -2.24. The molecule has 1 aromatic carbocycles. The van der Waals surface area contributed by atoms with Crippen LogP contribution in [0, 0.1) is 19.8 Å². The van der Waals surface area contributed by atoms with Crippen LogP contribution in [-0.4, -0.2) is 5.78 Å². The molecule has 0 radical (unpaired) electrons. The molecule has 1 aliphatic rings. The van der Waals surface area contributed by atoms with E-state index in [0.29, 0.717) is 11.7 Å². The molecule has 0 saturated heterocycles. The number of hydrogen-bond donors (Lipinski definition) is 0. The van der Waals surface area contributed by atoms with Gasteiger partial charge in [0.05, 0.1) is 0 Å². The van der Waals surface area contributed by atoms with Crippen LogP contribution < -0.4 is 0 Å². The van der Waals surface area contributed by atoms with Gasteiger partial charge >= 0.3 is 0 Å². The van der Waals surface area contributed by atoms with E-state index < -0.39 is 0 Å². The third-order valence-corrected chi connectivity index (χ3v) is 3.60. The minimum absolute atomic E-state index is 0.334. The van der Waals surface area contributed by atoms with Gasteiger partial charge in [-0.15, -0.1) is 0 Å². The summed E-state index contributed by atoms with van der Waals surface area (Å²) in [5, 5.41) is 0. The second kappa shape index (κ2) is 4.18. The Kier molecular flexibility index (Phi) is 2.90. The summed E-state index contributed by atoms with van der Waals surface area (Å²) in [4.78, 5) is 12.0. The third-order valence-electron chi connectivity index (χ3n) is 3.60. The van der Waals surface area contributed by atoms with E-state index in [1.807, 2.05) is 19.1 Å². The molecular weight excluding hydrogens is 184 g/mol. The van der Waals surface area contributed by atoms with Crippen molar-refractivity contribution in [2.24, 2.45) is 5.92 Å². The Balaban J connectivity index is 2.13. The van der Waals surface area contributed by atoms with Crippen molar-refractivity contribution in [3.63, 3.8) is 0 Å². The van der Waals surface area contributed by atoms with Gasteiger partial charge in [-0.2, -0.15) is 0 Å². The minimum atomic E-state index is 0.334. The van der Waals surface area contributed by atoms with Crippen LogP contribution >= 0.6 is 0 Å². The molecule has 0 aliphatic heterocycles. The quantitative estimate of drug-likeness (QED) is 0.683. The fourth-order valence-corrected chi connectivity index (χ4v) is 2.12. The van der Waals surface area contributed by atoms with Crippen molar-refractivity contribution >= 4 is 5.78 Å². The molecule has 0 heterocycles. The number of rotatable bonds is 3. The Morgan fingerprint density at radius 2 is 2.07 bits per heavy atom. The van der Waals surface area contributed by atoms with E-state index in [1.165, 1.54) is 24.8 Å². The van der Waals surface area contributed by atoms with Gasteiger partial charge in [-0.3, -0.25) is 4.79 Å². The second-order valence-corrected chi connectivity index (χ2v) is 4.67. The number of aryl methyl sites for hydroxylation is 1. The lowest BCUT2D eigenvalue weighted by atomic mass is 9.80. The summed E-state index contributed by atoms with van der Waals surface area (Å²) in [6.45, 7) is 4.11. The molecule has 80 valence electrons. The maximum absolute atomic E-state index is 12.0. The number of hydrogen-bond acceptors (Lipinski definition) is 1. The van der Waals surface area contributed by atoms with Crippen LogP contribution in [0.1, 0.15) is 47.2 Å². The average molecular weight is 202 g/mol. The fraction of sp³-hybridized carbons (Fsp3) is 0.500. The van der Waals surface area contributed by atoms with E-state index in [2.05, 4.69) is 13.0 Å². The third kappa shape index (κ3) is 2.11. The van der Waals surface area contributed by atoms with Crippen molar-refractivity contribution in [1.82, 2.24) is 0 Å². The van der Waals surface area contributed by atoms with Crippen LogP contribution in [-0.2, 0) is 0 Å². The minimum Gasteiger partial charge on any atom is -0.294 e. The molecule has 1 fully saturated rings. The molecule has 1 aromatic rings. The van der Waals surface area contributed by atoms with Gasteiger partial charge in [0.15, 0.2) is 5.78 Å². The fourth-order valence-electron chi connectivity index (χ4n) is 2.12. The predicted molar refractivity (Wildman–Crippen MR) is 62.2 cm³/mol. The normalized spacial score (nSPS) is 16.1. The van der Waals surface area contributed by atoms with Gasteiger partial charge in [0.25, 0.3) is 0 Å². The first-order chi connectivity index (χ1) is 7.18. The van der Waals surface area contributed by atoms with Crippen LogP contribution in [0.25, 0.3) is 0 Å². The lowest BCUT2D eigenvalue weighted by molar-refractivity contribution is 0.0936. The zero-order valence-corrected chi connectivity index (χ0v) is 9.55. The van der Waals surface area contributed by atoms with Crippen molar-refractivity contribution in [1.29, 1.82) is 0 Å². The molecule has 1 aliphatic carbocycles. The van der Waals surface area contributed by atoms with E-state index in [4.69, 9.17) is 0 Å². The Hall–Kier alpha value is -1.11. The zero-order valence-electron chi connectivity index (χ0n) is 9.55. The molecule has 0 aromatic heterocycles. The highest BCUT2D eigenvalue weighted by atomic mass is 16.1. The van der Waals surface area contributed by atoms with Gasteiger partial charge in [0.2, 0.25) is 0 Å². The van der Waals surface area contributed by atoms with Crippen LogP contribution in [0.3, 0.4) is 0 Å². The number of carbonyl (C=O) groups excluding carboxylic acids is 1. The molecule has 1 nitrogen and oxygen atoms in total. The summed E-state index contributed by atoms with van der Waals surface area (Å²) in [6.07, 6.45) is 4.56. The monoisotopic (exact) mass is 202 g/mol. The standard InChI is InChI=1S/C14H18O/c1-10-5-3-8-13(11(10)2)14(15)9-12-6-4-7-12/h3,5,8,12H,4,6-7,9H2,1-2H3. The molecule has 1 heteroatoms. The highest BCUT2D eigenvalue weighted by molar-refractivity contribution is 5.97. The summed E-state index contributed by atoms with van der Waals surface area (Å²) in [6, 6.07) is 6.01. The summed E-state index contributed by atoms with van der Waals surface area (Å²) < 4.78 is 0. The highest BCUT2D eigenvalue weighted by Crippen LogP contribution is 2.31. The van der Waals surface area contributed by atoms with Crippen LogP contribution in [0.4, 0.5) is 0 Å². The molecule has 0 amide bonds. The van der Waals surface area contributed by atoms with E-state index >= 15 is 0 Å². The summed E-state index contributed by atoms with van der Waals surface area (Å²) in [7, 11) is 0. The van der Waals surface area contributed by atoms with Gasteiger partial charge in [0.1, 0.15) is 0 Å². The first-order valence-corrected chi connectivity index (χ1v) is 5.78. The molecule has 1 saturated carbocycles. The van der Waals surface area contributed by atoms with Crippen LogP contribution in [0.15, 0.2) is 18.2 Å². The van der Waals surface area contributed by atoms with Crippen molar-refractivity contribution < 1.29 is 4.79 Å². The average Bonchev–Trinajstić information content (AvgIpc) is 2.15. The Bertz CT molecular complexity index is 375. The molecule has 0 spiro atoms. The topological polar surface area (TPSA) is 17.1 Å². The van der Waals surface area contributed by atoms with Gasteiger partial charge in [-0.1, -0.05) is 37.5 Å². The molecule has 2 rings (SSSR count). The van der Waals surface area contributed by atoms with E-state index in [0.717, 1.165) is 17.5 Å². The molecule has 0 atom stereocenters. The molecule has 0 bridgehead atoms. The summed E-state index contributed by atoms with van der Waals surface area (Å²) >= 11 is 0.